The molecule has 1 amide bonds. The number of methoxy groups -OCH3 is 1. The Morgan fingerprint density at radius 1 is 1.50 bits per heavy atom. The van der Waals surface area contributed by atoms with Crippen LogP contribution in [0.4, 0.5) is 4.39 Å². The Balaban J connectivity index is 1.89. The second-order valence-corrected chi connectivity index (χ2v) is 7.04. The number of carbonyl (C=O) groups excluding carboxylic acids is 1. The predicted octanol–water partition coefficient (Wildman–Crippen LogP) is 2.84. The highest BCUT2D eigenvalue weighted by Gasteiger charge is 2.37. The smallest absolute Gasteiger partial charge is 0.271 e. The van der Waals surface area contributed by atoms with Crippen molar-refractivity contribution in [1.82, 2.24) is 10.3 Å². The van der Waals surface area contributed by atoms with Crippen LogP contribution in [0.1, 0.15) is 39.9 Å². The molecule has 0 radical (unpaired) electrons. The van der Waals surface area contributed by atoms with Crippen LogP contribution in [0, 0.1) is 18.7 Å². The van der Waals surface area contributed by atoms with Crippen molar-refractivity contribution in [3.05, 3.63) is 45.7 Å². The molecule has 1 unspecified atom stereocenters. The summed E-state index contributed by atoms with van der Waals surface area (Å²) in [4.78, 5) is 16.7. The van der Waals surface area contributed by atoms with E-state index in [2.05, 4.69) is 10.3 Å². The molecule has 0 saturated heterocycles. The number of thiazole rings is 1. The molecule has 1 heterocycles. The summed E-state index contributed by atoms with van der Waals surface area (Å²) in [5.41, 5.74) is 0.924. The highest BCUT2D eigenvalue weighted by molar-refractivity contribution is 7.09. The van der Waals surface area contributed by atoms with Crippen molar-refractivity contribution in [2.75, 3.05) is 7.11 Å². The van der Waals surface area contributed by atoms with Gasteiger partial charge in [0.05, 0.1) is 24.3 Å². The summed E-state index contributed by atoms with van der Waals surface area (Å²) in [6.07, 6.45) is 0.733. The van der Waals surface area contributed by atoms with Crippen LogP contribution in [0.2, 0.25) is 0 Å². The number of aromatic nitrogens is 1. The Kier molecular flexibility index (Phi) is 4.82. The topological polar surface area (TPSA) is 71.5 Å². The van der Waals surface area contributed by atoms with Gasteiger partial charge in [-0.3, -0.25) is 4.79 Å². The minimum Gasteiger partial charge on any atom is -0.496 e. The number of rotatable bonds is 5. The number of hydrogen-bond donors (Lipinski definition) is 2. The molecule has 2 aromatic rings. The van der Waals surface area contributed by atoms with Crippen molar-refractivity contribution in [3.63, 3.8) is 0 Å². The first kappa shape index (κ1) is 16.9. The Morgan fingerprint density at radius 3 is 2.83 bits per heavy atom. The SMILES string of the molecule is COc1ccc(F)cc1C(NC(=O)c1csc(C)n1)C1CC(O)C1. The molecule has 1 saturated carbocycles. The number of amides is 1. The number of nitrogens with one attached hydrogen (secondary N) is 1. The van der Waals surface area contributed by atoms with Crippen molar-refractivity contribution in [1.29, 1.82) is 0 Å². The first-order chi connectivity index (χ1) is 11.5. The van der Waals surface area contributed by atoms with E-state index in [1.807, 2.05) is 6.92 Å². The van der Waals surface area contributed by atoms with Gasteiger partial charge in [-0.15, -0.1) is 11.3 Å². The van der Waals surface area contributed by atoms with Crippen LogP contribution in [0.3, 0.4) is 0 Å². The zero-order valence-corrected chi connectivity index (χ0v) is 14.3. The average molecular weight is 350 g/mol. The standard InChI is InChI=1S/C17H19FN2O3S/c1-9-19-14(8-24-9)17(22)20-16(10-5-12(21)6-10)13-7-11(18)3-4-15(13)23-2/h3-4,7-8,10,12,16,21H,5-6H2,1-2H3,(H,20,22). The maximum absolute atomic E-state index is 13.7. The minimum atomic E-state index is -0.437. The van der Waals surface area contributed by atoms with Gasteiger partial charge in [-0.1, -0.05) is 0 Å². The zero-order chi connectivity index (χ0) is 17.3. The van der Waals surface area contributed by atoms with E-state index >= 15 is 0 Å². The number of halogens is 1. The molecule has 1 aromatic heterocycles. The van der Waals surface area contributed by atoms with Crippen molar-refractivity contribution in [2.45, 2.75) is 31.9 Å². The summed E-state index contributed by atoms with van der Waals surface area (Å²) in [6, 6.07) is 3.81. The van der Waals surface area contributed by atoms with E-state index in [0.717, 1.165) is 5.01 Å². The molecule has 0 spiro atoms. The summed E-state index contributed by atoms with van der Waals surface area (Å²) in [5.74, 6) is -0.164. The predicted molar refractivity (Wildman–Crippen MR) is 88.7 cm³/mol. The van der Waals surface area contributed by atoms with E-state index in [1.54, 1.807) is 11.4 Å². The number of nitrogens with zero attached hydrogens (tertiary/aromatic N) is 1. The van der Waals surface area contributed by atoms with E-state index in [4.69, 9.17) is 4.74 Å². The summed E-state index contributed by atoms with van der Waals surface area (Å²) >= 11 is 1.40. The number of benzene rings is 1. The lowest BCUT2D eigenvalue weighted by molar-refractivity contribution is 0.0230. The number of ether oxygens (including phenoxy) is 1. The van der Waals surface area contributed by atoms with Gasteiger partial charge in [0, 0.05) is 10.9 Å². The summed E-state index contributed by atoms with van der Waals surface area (Å²) < 4.78 is 19.1. The van der Waals surface area contributed by atoms with E-state index in [-0.39, 0.29) is 17.9 Å². The molecule has 0 aliphatic heterocycles. The van der Waals surface area contributed by atoms with Crippen LogP contribution < -0.4 is 10.1 Å². The lowest BCUT2D eigenvalue weighted by Gasteiger charge is -2.38. The number of hydrogen-bond acceptors (Lipinski definition) is 5. The van der Waals surface area contributed by atoms with Crippen LogP contribution in [-0.2, 0) is 0 Å². The molecule has 1 aliphatic carbocycles. The van der Waals surface area contributed by atoms with Crippen LogP contribution in [0.25, 0.3) is 0 Å². The fraction of sp³-hybridized carbons (Fsp3) is 0.412. The van der Waals surface area contributed by atoms with Gasteiger partial charge >= 0.3 is 0 Å². The third-order valence-electron chi connectivity index (χ3n) is 4.29. The van der Waals surface area contributed by atoms with E-state index < -0.39 is 11.9 Å². The maximum Gasteiger partial charge on any atom is 0.271 e. The molecule has 7 heteroatoms. The summed E-state index contributed by atoms with van der Waals surface area (Å²) in [7, 11) is 1.51. The highest BCUT2D eigenvalue weighted by Crippen LogP contribution is 2.41. The lowest BCUT2D eigenvalue weighted by atomic mass is 9.74. The van der Waals surface area contributed by atoms with E-state index in [1.165, 1.54) is 30.6 Å². The number of aliphatic hydroxyl groups excluding tert-OH is 1. The second-order valence-electron chi connectivity index (χ2n) is 5.97. The maximum atomic E-state index is 13.7. The Hall–Kier alpha value is -1.99. The molecular formula is C17H19FN2O3S. The fourth-order valence-corrected chi connectivity index (χ4v) is 3.58. The van der Waals surface area contributed by atoms with Gasteiger partial charge in [0.2, 0.25) is 0 Å². The first-order valence-electron chi connectivity index (χ1n) is 7.72. The molecule has 1 aliphatic rings. The van der Waals surface area contributed by atoms with Gasteiger partial charge in [0.1, 0.15) is 17.3 Å². The van der Waals surface area contributed by atoms with Gasteiger partial charge in [-0.05, 0) is 43.9 Å². The molecule has 3 rings (SSSR count). The normalized spacial score (nSPS) is 21.0. The van der Waals surface area contributed by atoms with Crippen LogP contribution in [-0.4, -0.2) is 29.2 Å². The van der Waals surface area contributed by atoms with Crippen molar-refractivity contribution in [2.24, 2.45) is 5.92 Å². The second kappa shape index (κ2) is 6.86. The molecule has 1 aromatic carbocycles. The molecule has 5 nitrogen and oxygen atoms in total. The summed E-state index contributed by atoms with van der Waals surface area (Å²) in [6.45, 7) is 1.83. The van der Waals surface area contributed by atoms with Crippen molar-refractivity contribution in [3.8, 4) is 5.75 Å². The highest BCUT2D eigenvalue weighted by atomic mass is 32.1. The van der Waals surface area contributed by atoms with Crippen LogP contribution in [0.5, 0.6) is 5.75 Å². The molecular weight excluding hydrogens is 331 g/mol. The van der Waals surface area contributed by atoms with Gasteiger partial charge in [0.25, 0.3) is 5.91 Å². The van der Waals surface area contributed by atoms with Crippen molar-refractivity contribution >= 4 is 17.2 Å². The van der Waals surface area contributed by atoms with Crippen LogP contribution in [0.15, 0.2) is 23.6 Å². The summed E-state index contributed by atoms with van der Waals surface area (Å²) in [5, 5.41) is 15.1. The Labute approximate surface area is 143 Å². The van der Waals surface area contributed by atoms with Gasteiger partial charge in [-0.2, -0.15) is 0 Å². The third kappa shape index (κ3) is 3.42. The number of aryl methyl sites for hydroxylation is 1. The molecule has 128 valence electrons. The molecule has 1 atom stereocenters. The fourth-order valence-electron chi connectivity index (χ4n) is 2.98. The van der Waals surface area contributed by atoms with E-state index in [0.29, 0.717) is 29.8 Å². The zero-order valence-electron chi connectivity index (χ0n) is 13.5. The van der Waals surface area contributed by atoms with Gasteiger partial charge in [-0.25, -0.2) is 9.37 Å². The average Bonchev–Trinajstić information content (AvgIpc) is 2.96. The number of aliphatic hydroxyl groups is 1. The van der Waals surface area contributed by atoms with Gasteiger partial charge < -0.3 is 15.2 Å². The molecule has 0 bridgehead atoms. The quantitative estimate of drug-likeness (QED) is 0.870. The number of carbonyl (C=O) groups is 1. The van der Waals surface area contributed by atoms with Crippen molar-refractivity contribution < 1.29 is 19.0 Å². The molecule has 1 fully saturated rings. The Morgan fingerprint density at radius 2 is 2.25 bits per heavy atom. The van der Waals surface area contributed by atoms with E-state index in [9.17, 15) is 14.3 Å². The first-order valence-corrected chi connectivity index (χ1v) is 8.60. The third-order valence-corrected chi connectivity index (χ3v) is 5.06. The molecule has 24 heavy (non-hydrogen) atoms. The van der Waals surface area contributed by atoms with Gasteiger partial charge in [0.15, 0.2) is 0 Å². The Bertz CT molecular complexity index is 743. The monoisotopic (exact) mass is 350 g/mol. The van der Waals surface area contributed by atoms with Crippen LogP contribution >= 0.6 is 11.3 Å². The molecule has 2 N–H and O–H groups in total. The largest absolute Gasteiger partial charge is 0.496 e. The lowest BCUT2D eigenvalue weighted by Crippen LogP contribution is -2.41. The minimum absolute atomic E-state index is 0.0272.